The summed E-state index contributed by atoms with van der Waals surface area (Å²) in [6, 6.07) is 0.184. The predicted octanol–water partition coefficient (Wildman–Crippen LogP) is 2.08. The average molecular weight is 348 g/mol. The second kappa shape index (κ2) is 6.64. The molecule has 1 amide bonds. The summed E-state index contributed by atoms with van der Waals surface area (Å²) >= 11 is 1.23. The molecule has 0 saturated carbocycles. The molecule has 0 aromatic carbocycles. The number of primary amides is 1. The standard InChI is InChI=1S/C17H24N4O2S/c1-4-5-12-19-16-13(10(2)14(24-16)15(18)22)17(23)21(12)11-6-8-20(3)9-7-11/h11H,4-9H2,1-3H3,(H2,18,22). The molecule has 2 aromatic heterocycles. The van der Waals surface area contributed by atoms with Crippen LogP contribution in [0.1, 0.15) is 53.3 Å². The molecule has 24 heavy (non-hydrogen) atoms. The number of carbonyl (C=O) groups excluding carboxylic acids is 1. The summed E-state index contributed by atoms with van der Waals surface area (Å²) < 4.78 is 1.89. The summed E-state index contributed by atoms with van der Waals surface area (Å²) in [6.07, 6.45) is 3.59. The van der Waals surface area contributed by atoms with Gasteiger partial charge in [0.15, 0.2) is 0 Å². The van der Waals surface area contributed by atoms with E-state index in [1.165, 1.54) is 11.3 Å². The van der Waals surface area contributed by atoms with E-state index in [4.69, 9.17) is 10.7 Å². The lowest BCUT2D eigenvalue weighted by Crippen LogP contribution is -2.37. The lowest BCUT2D eigenvalue weighted by molar-refractivity contribution is 0.100. The van der Waals surface area contributed by atoms with E-state index in [9.17, 15) is 9.59 Å². The molecule has 130 valence electrons. The zero-order valence-electron chi connectivity index (χ0n) is 14.5. The van der Waals surface area contributed by atoms with Crippen molar-refractivity contribution in [3.63, 3.8) is 0 Å². The molecule has 1 aliphatic rings. The molecule has 3 heterocycles. The van der Waals surface area contributed by atoms with Crippen molar-refractivity contribution in [2.45, 2.75) is 45.6 Å². The van der Waals surface area contributed by atoms with Gasteiger partial charge in [0.1, 0.15) is 10.7 Å². The number of nitrogens with zero attached hydrogens (tertiary/aromatic N) is 3. The van der Waals surface area contributed by atoms with E-state index >= 15 is 0 Å². The Morgan fingerprint density at radius 1 is 1.38 bits per heavy atom. The molecule has 0 radical (unpaired) electrons. The largest absolute Gasteiger partial charge is 0.365 e. The molecular weight excluding hydrogens is 324 g/mol. The average Bonchev–Trinajstić information content (AvgIpc) is 2.86. The fourth-order valence-corrected chi connectivity index (χ4v) is 4.54. The van der Waals surface area contributed by atoms with Crippen LogP contribution in [0, 0.1) is 6.92 Å². The first-order valence-corrected chi connectivity index (χ1v) is 9.28. The first-order chi connectivity index (χ1) is 11.4. The van der Waals surface area contributed by atoms with Crippen molar-refractivity contribution in [3.8, 4) is 0 Å². The normalized spacial score (nSPS) is 16.8. The Balaban J connectivity index is 2.20. The minimum atomic E-state index is -0.488. The van der Waals surface area contributed by atoms with Gasteiger partial charge in [0.05, 0.1) is 10.3 Å². The quantitative estimate of drug-likeness (QED) is 0.917. The summed E-state index contributed by atoms with van der Waals surface area (Å²) in [5.41, 5.74) is 6.11. The number of aromatic nitrogens is 2. The smallest absolute Gasteiger partial charge is 0.262 e. The molecule has 7 heteroatoms. The van der Waals surface area contributed by atoms with Crippen LogP contribution in [0.5, 0.6) is 0 Å². The predicted molar refractivity (Wildman–Crippen MR) is 96.9 cm³/mol. The van der Waals surface area contributed by atoms with Crippen molar-refractivity contribution >= 4 is 27.5 Å². The third-order valence-electron chi connectivity index (χ3n) is 4.82. The van der Waals surface area contributed by atoms with E-state index in [2.05, 4.69) is 18.9 Å². The van der Waals surface area contributed by atoms with Crippen LogP contribution >= 0.6 is 11.3 Å². The van der Waals surface area contributed by atoms with Crippen LogP contribution in [0.2, 0.25) is 0 Å². The Kier molecular flexibility index (Phi) is 4.73. The maximum atomic E-state index is 13.2. The Morgan fingerprint density at radius 2 is 2.04 bits per heavy atom. The highest BCUT2D eigenvalue weighted by atomic mass is 32.1. The van der Waals surface area contributed by atoms with Gasteiger partial charge in [-0.3, -0.25) is 14.2 Å². The van der Waals surface area contributed by atoms with Gasteiger partial charge in [0.25, 0.3) is 11.5 Å². The highest BCUT2D eigenvalue weighted by molar-refractivity contribution is 7.20. The van der Waals surface area contributed by atoms with Gasteiger partial charge in [-0.2, -0.15) is 0 Å². The van der Waals surface area contributed by atoms with Gasteiger partial charge in [0.2, 0.25) is 0 Å². The van der Waals surface area contributed by atoms with Gasteiger partial charge >= 0.3 is 0 Å². The number of likely N-dealkylation sites (tertiary alicyclic amines) is 1. The SMILES string of the molecule is CCCc1nc2sc(C(N)=O)c(C)c2c(=O)n1C1CCN(C)CC1. The molecule has 2 aromatic rings. The van der Waals surface area contributed by atoms with Crippen molar-refractivity contribution < 1.29 is 4.79 Å². The lowest BCUT2D eigenvalue weighted by atomic mass is 10.0. The van der Waals surface area contributed by atoms with Gasteiger partial charge in [-0.05, 0) is 51.9 Å². The van der Waals surface area contributed by atoms with Gasteiger partial charge in [0, 0.05) is 12.5 Å². The topological polar surface area (TPSA) is 81.2 Å². The van der Waals surface area contributed by atoms with Crippen LogP contribution in [0.15, 0.2) is 4.79 Å². The van der Waals surface area contributed by atoms with Crippen molar-refractivity contribution in [2.75, 3.05) is 20.1 Å². The summed E-state index contributed by atoms with van der Waals surface area (Å²) in [7, 11) is 2.11. The number of amides is 1. The van der Waals surface area contributed by atoms with Crippen LogP contribution < -0.4 is 11.3 Å². The first-order valence-electron chi connectivity index (χ1n) is 8.46. The third kappa shape index (κ3) is 2.86. The van der Waals surface area contributed by atoms with Gasteiger partial charge < -0.3 is 10.6 Å². The summed E-state index contributed by atoms with van der Waals surface area (Å²) in [6.45, 7) is 5.84. The number of aryl methyl sites for hydroxylation is 2. The molecular formula is C17H24N4O2S. The monoisotopic (exact) mass is 348 g/mol. The molecule has 0 aliphatic carbocycles. The molecule has 1 saturated heterocycles. The molecule has 0 bridgehead atoms. The number of thiophene rings is 1. The number of nitrogens with two attached hydrogens (primary N) is 1. The van der Waals surface area contributed by atoms with E-state index in [0.29, 0.717) is 20.7 Å². The maximum Gasteiger partial charge on any atom is 0.262 e. The number of hydrogen-bond acceptors (Lipinski definition) is 5. The minimum absolute atomic E-state index is 0.0146. The first kappa shape index (κ1) is 17.1. The maximum absolute atomic E-state index is 13.2. The van der Waals surface area contributed by atoms with Gasteiger partial charge in [-0.1, -0.05) is 6.92 Å². The Morgan fingerprint density at radius 3 is 2.62 bits per heavy atom. The second-order valence-corrected chi connectivity index (χ2v) is 7.59. The summed E-state index contributed by atoms with van der Waals surface area (Å²) in [4.78, 5) is 33.0. The van der Waals surface area contributed by atoms with Crippen LogP contribution in [0.3, 0.4) is 0 Å². The van der Waals surface area contributed by atoms with Crippen molar-refractivity contribution in [1.82, 2.24) is 14.5 Å². The molecule has 0 atom stereocenters. The number of rotatable bonds is 4. The number of hydrogen-bond donors (Lipinski definition) is 1. The minimum Gasteiger partial charge on any atom is -0.365 e. The van der Waals surface area contributed by atoms with Gasteiger partial charge in [-0.15, -0.1) is 11.3 Å². The molecule has 6 nitrogen and oxygen atoms in total. The fraction of sp³-hybridized carbons (Fsp3) is 0.588. The summed E-state index contributed by atoms with van der Waals surface area (Å²) in [5.74, 6) is 0.347. The van der Waals surface area contributed by atoms with Crippen LogP contribution in [-0.4, -0.2) is 40.5 Å². The Hall–Kier alpha value is -1.73. The van der Waals surface area contributed by atoms with Crippen molar-refractivity contribution in [2.24, 2.45) is 5.73 Å². The molecule has 2 N–H and O–H groups in total. The zero-order chi connectivity index (χ0) is 17.4. The molecule has 1 aliphatic heterocycles. The van der Waals surface area contributed by atoms with Crippen LogP contribution in [0.25, 0.3) is 10.2 Å². The van der Waals surface area contributed by atoms with Gasteiger partial charge in [-0.25, -0.2) is 4.98 Å². The van der Waals surface area contributed by atoms with Crippen molar-refractivity contribution in [3.05, 3.63) is 26.6 Å². The summed E-state index contributed by atoms with van der Waals surface area (Å²) in [5, 5.41) is 0.563. The molecule has 1 fully saturated rings. The number of carbonyl (C=O) groups is 1. The van der Waals surface area contributed by atoms with Crippen LogP contribution in [0.4, 0.5) is 0 Å². The molecule has 0 spiro atoms. The number of piperidine rings is 1. The Labute approximate surface area is 145 Å². The van der Waals surface area contributed by atoms with E-state index in [1.807, 2.05) is 4.57 Å². The van der Waals surface area contributed by atoms with E-state index in [1.54, 1.807) is 6.92 Å². The third-order valence-corrected chi connectivity index (χ3v) is 6.02. The van der Waals surface area contributed by atoms with Crippen LogP contribution in [-0.2, 0) is 6.42 Å². The molecule has 3 rings (SSSR count). The van der Waals surface area contributed by atoms with E-state index in [0.717, 1.165) is 44.6 Å². The van der Waals surface area contributed by atoms with Crippen molar-refractivity contribution in [1.29, 1.82) is 0 Å². The Bertz CT molecular complexity index is 831. The highest BCUT2D eigenvalue weighted by Crippen LogP contribution is 2.29. The molecule has 0 unspecified atom stereocenters. The van der Waals surface area contributed by atoms with E-state index < -0.39 is 5.91 Å². The van der Waals surface area contributed by atoms with E-state index in [-0.39, 0.29) is 11.6 Å². The lowest BCUT2D eigenvalue weighted by Gasteiger charge is -2.31. The second-order valence-electron chi connectivity index (χ2n) is 6.59. The fourth-order valence-electron chi connectivity index (χ4n) is 3.50. The number of fused-ring (bicyclic) bond motifs is 1. The zero-order valence-corrected chi connectivity index (χ0v) is 15.3. The highest BCUT2D eigenvalue weighted by Gasteiger charge is 2.25.